The second-order valence-corrected chi connectivity index (χ2v) is 2.33. The van der Waals surface area contributed by atoms with E-state index in [0.29, 0.717) is 0 Å². The van der Waals surface area contributed by atoms with Gasteiger partial charge >= 0.3 is 18.0 Å². The summed E-state index contributed by atoms with van der Waals surface area (Å²) >= 11 is 0. The number of esters is 1. The lowest BCUT2D eigenvalue weighted by Crippen LogP contribution is -2.33. The molecule has 0 bridgehead atoms. The molecule has 0 aliphatic carbocycles. The highest BCUT2D eigenvalue weighted by molar-refractivity contribution is 5.77. The van der Waals surface area contributed by atoms with Crippen LogP contribution in [0.5, 0.6) is 0 Å². The second-order valence-electron chi connectivity index (χ2n) is 2.33. The molecule has 0 atom stereocenters. The number of methoxy groups -OCH3 is 1. The van der Waals surface area contributed by atoms with Crippen molar-refractivity contribution >= 4 is 18.0 Å². The Morgan fingerprint density at radius 2 is 1.93 bits per heavy atom. The Hall–Kier alpha value is -1.83. The summed E-state index contributed by atoms with van der Waals surface area (Å²) < 4.78 is 8.71. The van der Waals surface area contributed by atoms with E-state index in [2.05, 4.69) is 20.1 Å². The molecule has 86 valence electrons. The monoisotopic (exact) mass is 220 g/mol. The molecule has 0 aromatic heterocycles. The van der Waals surface area contributed by atoms with E-state index < -0.39 is 18.0 Å². The van der Waals surface area contributed by atoms with Crippen LogP contribution >= 0.6 is 0 Å². The maximum atomic E-state index is 10.8. The normalized spacial score (nSPS) is 9.13. The van der Waals surface area contributed by atoms with Crippen LogP contribution in [0.1, 0.15) is 0 Å². The molecule has 15 heavy (non-hydrogen) atoms. The van der Waals surface area contributed by atoms with Gasteiger partial charge in [0.05, 0.1) is 13.7 Å². The van der Waals surface area contributed by atoms with Gasteiger partial charge in [-0.1, -0.05) is 0 Å². The fourth-order valence-corrected chi connectivity index (χ4v) is 0.557. The number of aliphatic carboxylic acids is 1. The Bertz CT molecular complexity index is 242. The molecule has 0 saturated heterocycles. The molecular formula is C7H12N2O6. The third-order valence-electron chi connectivity index (χ3n) is 1.17. The van der Waals surface area contributed by atoms with E-state index in [4.69, 9.17) is 5.11 Å². The molecule has 3 N–H and O–H groups in total. The summed E-state index contributed by atoms with van der Waals surface area (Å²) in [5.41, 5.74) is 0. The van der Waals surface area contributed by atoms with E-state index in [0.717, 1.165) is 7.11 Å². The minimum Gasteiger partial charge on any atom is -0.480 e. The van der Waals surface area contributed by atoms with Gasteiger partial charge in [-0.3, -0.25) is 14.9 Å². The van der Waals surface area contributed by atoms with Crippen molar-refractivity contribution in [2.75, 3.05) is 26.9 Å². The molecule has 0 saturated carbocycles. The van der Waals surface area contributed by atoms with Crippen molar-refractivity contribution < 1.29 is 29.0 Å². The summed E-state index contributed by atoms with van der Waals surface area (Å²) in [5, 5.41) is 12.6. The number of carboxylic acids is 1. The van der Waals surface area contributed by atoms with E-state index in [1.807, 2.05) is 0 Å². The molecule has 0 aliphatic heterocycles. The third-order valence-corrected chi connectivity index (χ3v) is 1.17. The van der Waals surface area contributed by atoms with E-state index in [1.165, 1.54) is 0 Å². The molecule has 0 rings (SSSR count). The summed E-state index contributed by atoms with van der Waals surface area (Å²) in [6, 6.07) is 0. The molecule has 0 radical (unpaired) electrons. The quantitative estimate of drug-likeness (QED) is 0.284. The van der Waals surface area contributed by atoms with Gasteiger partial charge in [0.2, 0.25) is 0 Å². The molecule has 1 amide bonds. The number of carbonyl (C=O) groups is 3. The number of nitrogens with one attached hydrogen (secondary N) is 2. The molecule has 0 unspecified atom stereocenters. The Labute approximate surface area is 85.5 Å². The lowest BCUT2D eigenvalue weighted by molar-refractivity contribution is -0.145. The first-order valence-corrected chi connectivity index (χ1v) is 3.96. The number of carbonyl (C=O) groups excluding carboxylic acids is 2. The number of hydrogen-bond donors (Lipinski definition) is 3. The molecule has 0 spiro atoms. The van der Waals surface area contributed by atoms with Gasteiger partial charge in [0.1, 0.15) is 13.3 Å². The van der Waals surface area contributed by atoms with E-state index in [9.17, 15) is 14.4 Å². The average Bonchev–Trinajstić information content (AvgIpc) is 2.20. The number of alkyl carbamates (subject to hydrolysis) is 1. The van der Waals surface area contributed by atoms with E-state index in [-0.39, 0.29) is 19.8 Å². The molecule has 0 aromatic carbocycles. The van der Waals surface area contributed by atoms with E-state index >= 15 is 0 Å². The SMILES string of the molecule is COC(=O)NCC(=O)OCNCC(=O)O. The zero-order chi connectivity index (χ0) is 11.7. The predicted molar refractivity (Wildman–Crippen MR) is 47.0 cm³/mol. The summed E-state index contributed by atoms with van der Waals surface area (Å²) in [6.07, 6.45) is -0.745. The maximum Gasteiger partial charge on any atom is 0.407 e. The first-order chi connectivity index (χ1) is 7.06. The fraction of sp³-hybridized carbons (Fsp3) is 0.571. The fourth-order valence-electron chi connectivity index (χ4n) is 0.557. The number of rotatable bonds is 6. The summed E-state index contributed by atoms with van der Waals surface area (Å²) in [6.45, 7) is -0.868. The largest absolute Gasteiger partial charge is 0.480 e. The maximum absolute atomic E-state index is 10.8. The van der Waals surface area contributed by atoms with Gasteiger partial charge in [-0.15, -0.1) is 0 Å². The smallest absolute Gasteiger partial charge is 0.407 e. The molecule has 8 nitrogen and oxygen atoms in total. The Kier molecular flexibility index (Phi) is 6.64. The van der Waals surface area contributed by atoms with Crippen LogP contribution in [0.25, 0.3) is 0 Å². The van der Waals surface area contributed by atoms with E-state index in [1.54, 1.807) is 0 Å². The highest BCUT2D eigenvalue weighted by atomic mass is 16.6. The van der Waals surface area contributed by atoms with Crippen LogP contribution in [0.2, 0.25) is 0 Å². The average molecular weight is 220 g/mol. The molecule has 0 heterocycles. The first kappa shape index (κ1) is 13.2. The van der Waals surface area contributed by atoms with Crippen molar-refractivity contribution in [1.82, 2.24) is 10.6 Å². The standard InChI is InChI=1S/C7H12N2O6/c1-14-7(13)9-3-6(12)15-4-8-2-5(10)11/h8H,2-4H2,1H3,(H,9,13)(H,10,11). The lowest BCUT2D eigenvalue weighted by Gasteiger charge is -2.05. The number of hydrogen-bond acceptors (Lipinski definition) is 6. The number of ether oxygens (including phenoxy) is 2. The van der Waals surface area contributed by atoms with Crippen molar-refractivity contribution in [1.29, 1.82) is 0 Å². The van der Waals surface area contributed by atoms with Gasteiger partial charge in [0.15, 0.2) is 0 Å². The van der Waals surface area contributed by atoms with Crippen LogP contribution in [0.3, 0.4) is 0 Å². The van der Waals surface area contributed by atoms with Crippen LogP contribution < -0.4 is 10.6 Å². The van der Waals surface area contributed by atoms with Crippen LogP contribution in [0, 0.1) is 0 Å². The van der Waals surface area contributed by atoms with Gasteiger partial charge < -0.3 is 19.9 Å². The molecule has 0 aromatic rings. The van der Waals surface area contributed by atoms with Gasteiger partial charge in [-0.05, 0) is 0 Å². The number of carboxylic acid groups (broad SMARTS) is 1. The van der Waals surface area contributed by atoms with Crippen molar-refractivity contribution in [3.63, 3.8) is 0 Å². The van der Waals surface area contributed by atoms with Gasteiger partial charge in [0, 0.05) is 0 Å². The molecule has 0 aliphatic rings. The zero-order valence-electron chi connectivity index (χ0n) is 8.11. The highest BCUT2D eigenvalue weighted by Gasteiger charge is 2.05. The van der Waals surface area contributed by atoms with Crippen LogP contribution in [0.4, 0.5) is 4.79 Å². The van der Waals surface area contributed by atoms with Crippen LogP contribution in [-0.4, -0.2) is 50.1 Å². The third kappa shape index (κ3) is 8.50. The van der Waals surface area contributed by atoms with Gasteiger partial charge in [0.25, 0.3) is 0 Å². The molecule has 8 heteroatoms. The topological polar surface area (TPSA) is 114 Å². The number of amides is 1. The molecular weight excluding hydrogens is 208 g/mol. The Balaban J connectivity index is 3.41. The minimum absolute atomic E-state index is 0.228. The first-order valence-electron chi connectivity index (χ1n) is 3.96. The van der Waals surface area contributed by atoms with Crippen LogP contribution in [-0.2, 0) is 19.1 Å². The minimum atomic E-state index is -1.06. The summed E-state index contributed by atoms with van der Waals surface area (Å²) in [7, 11) is 1.16. The highest BCUT2D eigenvalue weighted by Crippen LogP contribution is 1.76. The second kappa shape index (κ2) is 7.56. The Morgan fingerprint density at radius 3 is 2.47 bits per heavy atom. The van der Waals surface area contributed by atoms with Crippen molar-refractivity contribution in [2.24, 2.45) is 0 Å². The van der Waals surface area contributed by atoms with Gasteiger partial charge in [-0.2, -0.15) is 0 Å². The van der Waals surface area contributed by atoms with Crippen molar-refractivity contribution in [3.05, 3.63) is 0 Å². The summed E-state index contributed by atoms with van der Waals surface area (Å²) in [4.78, 5) is 31.4. The lowest BCUT2D eigenvalue weighted by atomic mass is 10.6. The Morgan fingerprint density at radius 1 is 1.27 bits per heavy atom. The molecule has 0 fully saturated rings. The van der Waals surface area contributed by atoms with Gasteiger partial charge in [-0.25, -0.2) is 4.79 Å². The summed E-state index contributed by atoms with van der Waals surface area (Å²) in [5.74, 6) is -1.75. The zero-order valence-corrected chi connectivity index (χ0v) is 8.11. The van der Waals surface area contributed by atoms with Crippen LogP contribution in [0.15, 0.2) is 0 Å². The predicted octanol–water partition coefficient (Wildman–Crippen LogP) is -1.48. The van der Waals surface area contributed by atoms with Crippen molar-refractivity contribution in [2.45, 2.75) is 0 Å². The van der Waals surface area contributed by atoms with Crippen molar-refractivity contribution in [3.8, 4) is 0 Å².